The molecule has 23 heavy (non-hydrogen) atoms. The molecule has 134 valence electrons. The normalized spacial score (nSPS) is 10.0. The average molecular weight is 326 g/mol. The Bertz CT molecular complexity index is 355. The molecule has 0 fully saturated rings. The highest BCUT2D eigenvalue weighted by molar-refractivity contribution is 5.65. The topological polar surface area (TPSA) is 69.9 Å². The van der Waals surface area contributed by atoms with E-state index in [0.29, 0.717) is 6.61 Å². The van der Waals surface area contributed by atoms with Gasteiger partial charge in [0.25, 0.3) is 0 Å². The molecule has 0 aliphatic carbocycles. The molecule has 1 aromatic rings. The largest absolute Gasteiger partial charge is 0.466 e. The van der Waals surface area contributed by atoms with Gasteiger partial charge in [0, 0.05) is 6.92 Å². The molecule has 1 aromatic heterocycles. The molecular formula is C17H34N4O2. The molecule has 0 saturated heterocycles. The van der Waals surface area contributed by atoms with Crippen LogP contribution in [-0.2, 0) is 16.1 Å². The van der Waals surface area contributed by atoms with Gasteiger partial charge in [0.05, 0.1) is 13.2 Å². The number of carbonyl (C=O) groups is 1. The number of rotatable bonds is 12. The quantitative estimate of drug-likeness (QED) is 0.426. The second-order valence-electron chi connectivity index (χ2n) is 5.64. The molecule has 0 N–H and O–H groups in total. The molecule has 0 radical (unpaired) electrons. The minimum atomic E-state index is -0.211. The average Bonchev–Trinajstić information content (AvgIpc) is 3.03. The third-order valence-electron chi connectivity index (χ3n) is 3.45. The van der Waals surface area contributed by atoms with E-state index >= 15 is 0 Å². The number of unbranched alkanes of at least 4 members (excludes halogenated alkanes) is 9. The van der Waals surface area contributed by atoms with Crippen LogP contribution in [0.4, 0.5) is 0 Å². The third kappa shape index (κ3) is 16.7. The first kappa shape index (κ1) is 21.5. The summed E-state index contributed by atoms with van der Waals surface area (Å²) >= 11 is 0. The van der Waals surface area contributed by atoms with Crippen LogP contribution in [0.15, 0.2) is 6.33 Å². The highest BCUT2D eigenvalue weighted by Crippen LogP contribution is 2.10. The van der Waals surface area contributed by atoms with Gasteiger partial charge in [-0.25, -0.2) is 0 Å². The Kier molecular flexibility index (Phi) is 15.8. The maximum absolute atomic E-state index is 9.82. The Morgan fingerprint density at radius 3 is 1.91 bits per heavy atom. The molecule has 1 rings (SSSR count). The molecule has 0 aliphatic rings. The van der Waals surface area contributed by atoms with Crippen LogP contribution in [0.1, 0.15) is 85.0 Å². The van der Waals surface area contributed by atoms with E-state index in [1.54, 1.807) is 11.7 Å². The number of tetrazole rings is 1. The number of nitrogens with zero attached hydrogens (tertiary/aromatic N) is 4. The lowest BCUT2D eigenvalue weighted by molar-refractivity contribution is -0.140. The Morgan fingerprint density at radius 2 is 1.52 bits per heavy atom. The lowest BCUT2D eigenvalue weighted by Crippen LogP contribution is -2.02. The van der Waals surface area contributed by atoms with E-state index in [9.17, 15) is 4.79 Å². The monoisotopic (exact) mass is 326 g/mol. The predicted molar refractivity (Wildman–Crippen MR) is 92.0 cm³/mol. The van der Waals surface area contributed by atoms with Crippen LogP contribution in [0.3, 0.4) is 0 Å². The predicted octanol–water partition coefficient (Wildman–Crippen LogP) is 4.16. The zero-order chi connectivity index (χ0) is 17.2. The number of esters is 1. The fraction of sp³-hybridized carbons (Fsp3) is 0.882. The van der Waals surface area contributed by atoms with E-state index in [4.69, 9.17) is 0 Å². The van der Waals surface area contributed by atoms with Crippen LogP contribution in [0.25, 0.3) is 0 Å². The number of aromatic nitrogens is 4. The summed E-state index contributed by atoms with van der Waals surface area (Å²) in [5.41, 5.74) is 0. The van der Waals surface area contributed by atoms with E-state index in [-0.39, 0.29) is 5.97 Å². The van der Waals surface area contributed by atoms with E-state index in [1.165, 1.54) is 77.5 Å². The van der Waals surface area contributed by atoms with E-state index in [2.05, 4.69) is 27.1 Å². The van der Waals surface area contributed by atoms with Crippen molar-refractivity contribution in [3.05, 3.63) is 6.33 Å². The van der Waals surface area contributed by atoms with Crippen molar-refractivity contribution in [3.8, 4) is 0 Å². The van der Waals surface area contributed by atoms with Crippen molar-refractivity contribution in [3.63, 3.8) is 0 Å². The summed E-state index contributed by atoms with van der Waals surface area (Å²) in [6.07, 6.45) is 15.1. The van der Waals surface area contributed by atoms with Crippen molar-refractivity contribution in [2.75, 3.05) is 6.61 Å². The zero-order valence-corrected chi connectivity index (χ0v) is 15.2. The molecule has 0 bridgehead atoms. The summed E-state index contributed by atoms with van der Waals surface area (Å²) in [6, 6.07) is 0. The second kappa shape index (κ2) is 16.9. The van der Waals surface area contributed by atoms with Crippen molar-refractivity contribution < 1.29 is 9.53 Å². The highest BCUT2D eigenvalue weighted by Gasteiger charge is 1.94. The molecule has 0 amide bonds. The summed E-state index contributed by atoms with van der Waals surface area (Å²) in [6.45, 7) is 6.83. The fourth-order valence-corrected chi connectivity index (χ4v) is 2.23. The molecule has 0 spiro atoms. The summed E-state index contributed by atoms with van der Waals surface area (Å²) in [5.74, 6) is -0.211. The van der Waals surface area contributed by atoms with Gasteiger partial charge < -0.3 is 4.74 Å². The second-order valence-corrected chi connectivity index (χ2v) is 5.64. The molecule has 6 nitrogen and oxygen atoms in total. The summed E-state index contributed by atoms with van der Waals surface area (Å²) < 4.78 is 4.40. The summed E-state index contributed by atoms with van der Waals surface area (Å²) in [4.78, 5) is 11.5. The van der Waals surface area contributed by atoms with E-state index in [1.807, 2.05) is 0 Å². The molecule has 1 heterocycles. The lowest BCUT2D eigenvalue weighted by Gasteiger charge is -2.01. The smallest absolute Gasteiger partial charge is 0.302 e. The van der Waals surface area contributed by atoms with Crippen LogP contribution >= 0.6 is 0 Å². The van der Waals surface area contributed by atoms with Gasteiger partial charge in [0.15, 0.2) is 6.33 Å². The van der Waals surface area contributed by atoms with Crippen LogP contribution in [0.5, 0.6) is 0 Å². The first-order chi connectivity index (χ1) is 11.2. The molecule has 6 heteroatoms. The molecule has 0 aromatic carbocycles. The molecule has 0 unspecified atom stereocenters. The Balaban J connectivity index is 0.000000688. The summed E-state index contributed by atoms with van der Waals surface area (Å²) in [5, 5.41) is 11.5. The van der Waals surface area contributed by atoms with E-state index < -0.39 is 0 Å². The first-order valence-corrected chi connectivity index (χ1v) is 9.04. The van der Waals surface area contributed by atoms with Crippen LogP contribution in [0.2, 0.25) is 0 Å². The van der Waals surface area contributed by atoms with Crippen LogP contribution < -0.4 is 0 Å². The number of hydrogen-bond donors (Lipinski definition) is 0. The number of carbonyl (C=O) groups excluding carboxylic acids is 1. The maximum atomic E-state index is 9.82. The van der Waals surface area contributed by atoms with Gasteiger partial charge in [0.2, 0.25) is 0 Å². The fourth-order valence-electron chi connectivity index (χ4n) is 2.23. The number of aryl methyl sites for hydroxylation is 1. The van der Waals surface area contributed by atoms with E-state index in [0.717, 1.165) is 6.54 Å². The van der Waals surface area contributed by atoms with Gasteiger partial charge in [-0.15, -0.1) is 10.2 Å². The van der Waals surface area contributed by atoms with Gasteiger partial charge in [-0.1, -0.05) is 64.7 Å². The van der Waals surface area contributed by atoms with Crippen molar-refractivity contribution in [1.82, 2.24) is 20.2 Å². The van der Waals surface area contributed by atoms with Gasteiger partial charge in [-0.3, -0.25) is 4.79 Å². The molecular weight excluding hydrogens is 292 g/mol. The zero-order valence-electron chi connectivity index (χ0n) is 15.2. The number of ether oxygens (including phenoxy) is 1. The molecule has 0 atom stereocenters. The Hall–Kier alpha value is -1.46. The van der Waals surface area contributed by atoms with Gasteiger partial charge in [-0.05, 0) is 18.6 Å². The minimum Gasteiger partial charge on any atom is -0.466 e. The molecule has 0 saturated carbocycles. The lowest BCUT2D eigenvalue weighted by atomic mass is 10.1. The van der Waals surface area contributed by atoms with Crippen LogP contribution in [0, 0.1) is 0 Å². The van der Waals surface area contributed by atoms with Crippen molar-refractivity contribution in [1.29, 1.82) is 0 Å². The summed E-state index contributed by atoms with van der Waals surface area (Å²) in [7, 11) is 0. The highest BCUT2D eigenvalue weighted by atomic mass is 16.5. The Morgan fingerprint density at radius 1 is 0.957 bits per heavy atom. The number of hydrogen-bond acceptors (Lipinski definition) is 5. The van der Waals surface area contributed by atoms with Crippen molar-refractivity contribution >= 4 is 5.97 Å². The standard InChI is InChI=1S/C13H26N4.C4H8O2/c1-2-3-4-5-6-7-8-9-10-11-12-17-15-13-14-16-17;1-3-6-4(2)5/h13H,2-12H2,1H3;3H2,1-2H3. The minimum absolute atomic E-state index is 0.211. The SMILES string of the molecule is CCCCCCCCCCCCn1ncnn1.CCOC(C)=O. The van der Waals surface area contributed by atoms with Gasteiger partial charge in [0.1, 0.15) is 0 Å². The molecule has 0 aliphatic heterocycles. The maximum Gasteiger partial charge on any atom is 0.302 e. The van der Waals surface area contributed by atoms with Gasteiger partial charge in [-0.2, -0.15) is 4.80 Å². The van der Waals surface area contributed by atoms with Crippen LogP contribution in [-0.4, -0.2) is 32.8 Å². The first-order valence-electron chi connectivity index (χ1n) is 9.04. The van der Waals surface area contributed by atoms with Crippen molar-refractivity contribution in [2.45, 2.75) is 91.5 Å². The van der Waals surface area contributed by atoms with Crippen molar-refractivity contribution in [2.24, 2.45) is 0 Å². The Labute approximate surface area is 141 Å². The van der Waals surface area contributed by atoms with Gasteiger partial charge >= 0.3 is 5.97 Å². The third-order valence-corrected chi connectivity index (χ3v) is 3.45.